The zero-order valence-corrected chi connectivity index (χ0v) is 10.4. The Bertz CT molecular complexity index is 575. The number of benzene rings is 1. The van der Waals surface area contributed by atoms with Gasteiger partial charge in [0.15, 0.2) is 0 Å². The highest BCUT2D eigenvalue weighted by molar-refractivity contribution is 6.30. The van der Waals surface area contributed by atoms with Crippen molar-refractivity contribution in [3.05, 3.63) is 52.4 Å². The molecule has 3 nitrogen and oxygen atoms in total. The van der Waals surface area contributed by atoms with Crippen molar-refractivity contribution in [2.45, 2.75) is 13.5 Å². The number of nitrogens with zero attached hydrogens (tertiary/aromatic N) is 1. The molecule has 0 fully saturated rings. The lowest BCUT2D eigenvalue weighted by Gasteiger charge is -2.10. The molecule has 0 aliphatic rings. The van der Waals surface area contributed by atoms with Crippen molar-refractivity contribution < 1.29 is 14.2 Å². The average Bonchev–Trinajstić information content (AvgIpc) is 2.34. The molecule has 1 aromatic heterocycles. The van der Waals surface area contributed by atoms with E-state index in [-0.39, 0.29) is 12.5 Å². The van der Waals surface area contributed by atoms with Crippen molar-refractivity contribution in [3.8, 4) is 11.6 Å². The van der Waals surface area contributed by atoms with Gasteiger partial charge < -0.3 is 9.84 Å². The number of pyridine rings is 1. The fourth-order valence-electron chi connectivity index (χ4n) is 1.51. The van der Waals surface area contributed by atoms with Crippen LogP contribution in [0.4, 0.5) is 4.39 Å². The van der Waals surface area contributed by atoms with E-state index < -0.39 is 5.82 Å². The minimum Gasteiger partial charge on any atom is -0.438 e. The Morgan fingerprint density at radius 2 is 2.17 bits per heavy atom. The van der Waals surface area contributed by atoms with Crippen molar-refractivity contribution in [1.29, 1.82) is 0 Å². The number of aromatic nitrogens is 1. The van der Waals surface area contributed by atoms with Crippen molar-refractivity contribution in [1.82, 2.24) is 4.98 Å². The Kier molecular flexibility index (Phi) is 3.79. The third-order valence-corrected chi connectivity index (χ3v) is 2.64. The lowest BCUT2D eigenvalue weighted by atomic mass is 10.2. The summed E-state index contributed by atoms with van der Waals surface area (Å²) in [6.45, 7) is 1.50. The van der Waals surface area contributed by atoms with E-state index >= 15 is 0 Å². The molecule has 0 bridgehead atoms. The van der Waals surface area contributed by atoms with Gasteiger partial charge >= 0.3 is 0 Å². The summed E-state index contributed by atoms with van der Waals surface area (Å²) in [5, 5.41) is 9.73. The molecule has 2 rings (SSSR count). The Balaban J connectivity index is 2.33. The molecule has 0 unspecified atom stereocenters. The monoisotopic (exact) mass is 267 g/mol. The topological polar surface area (TPSA) is 42.4 Å². The van der Waals surface area contributed by atoms with Crippen molar-refractivity contribution >= 4 is 11.6 Å². The standard InChI is InChI=1S/C13H11ClFNO2/c1-8-4-10(14)2-3-12(8)18-13-9(7-17)5-11(15)6-16-13/h2-6,17H,7H2,1H3. The molecular formula is C13H11ClFNO2. The molecule has 2 aromatic rings. The van der Waals surface area contributed by atoms with Crippen molar-refractivity contribution in [2.24, 2.45) is 0 Å². The van der Waals surface area contributed by atoms with E-state index in [0.717, 1.165) is 11.8 Å². The largest absolute Gasteiger partial charge is 0.438 e. The molecule has 0 saturated carbocycles. The van der Waals surface area contributed by atoms with Crippen LogP contribution < -0.4 is 4.74 Å². The molecular weight excluding hydrogens is 257 g/mol. The van der Waals surface area contributed by atoms with Gasteiger partial charge in [-0.1, -0.05) is 11.6 Å². The van der Waals surface area contributed by atoms with E-state index in [2.05, 4.69) is 4.98 Å². The summed E-state index contributed by atoms with van der Waals surface area (Å²) in [6, 6.07) is 6.32. The molecule has 1 heterocycles. The highest BCUT2D eigenvalue weighted by Crippen LogP contribution is 2.28. The van der Waals surface area contributed by atoms with Gasteiger partial charge in [-0.05, 0) is 36.8 Å². The molecule has 0 atom stereocenters. The zero-order chi connectivity index (χ0) is 13.1. The third-order valence-electron chi connectivity index (χ3n) is 2.41. The predicted octanol–water partition coefficient (Wildman–Crippen LogP) is 3.47. The average molecular weight is 268 g/mol. The van der Waals surface area contributed by atoms with Gasteiger partial charge in [0, 0.05) is 10.6 Å². The van der Waals surface area contributed by atoms with Crippen LogP contribution >= 0.6 is 11.6 Å². The minimum absolute atomic E-state index is 0.185. The lowest BCUT2D eigenvalue weighted by Crippen LogP contribution is -1.97. The number of aliphatic hydroxyl groups is 1. The van der Waals surface area contributed by atoms with Gasteiger partial charge in [-0.15, -0.1) is 0 Å². The van der Waals surface area contributed by atoms with Gasteiger partial charge in [-0.3, -0.25) is 0 Å². The van der Waals surface area contributed by atoms with E-state index in [1.54, 1.807) is 18.2 Å². The van der Waals surface area contributed by atoms with E-state index in [9.17, 15) is 4.39 Å². The van der Waals surface area contributed by atoms with Gasteiger partial charge in [0.2, 0.25) is 5.88 Å². The van der Waals surface area contributed by atoms with Crippen LogP contribution in [0.25, 0.3) is 0 Å². The van der Waals surface area contributed by atoms with Crippen LogP contribution in [0.5, 0.6) is 11.6 Å². The first kappa shape index (κ1) is 12.8. The summed E-state index contributed by atoms with van der Waals surface area (Å²) >= 11 is 5.84. The molecule has 5 heteroatoms. The maximum atomic E-state index is 13.0. The molecule has 1 aromatic carbocycles. The first-order chi connectivity index (χ1) is 8.60. The third kappa shape index (κ3) is 2.78. The number of aryl methyl sites for hydroxylation is 1. The van der Waals surface area contributed by atoms with Crippen LogP contribution in [-0.4, -0.2) is 10.1 Å². The van der Waals surface area contributed by atoms with Crippen LogP contribution in [-0.2, 0) is 6.61 Å². The number of aliphatic hydroxyl groups excluding tert-OH is 1. The number of hydrogen-bond acceptors (Lipinski definition) is 3. The quantitative estimate of drug-likeness (QED) is 0.926. The smallest absolute Gasteiger partial charge is 0.224 e. The van der Waals surface area contributed by atoms with Gasteiger partial charge in [0.05, 0.1) is 12.8 Å². The zero-order valence-electron chi connectivity index (χ0n) is 9.65. The molecule has 1 N–H and O–H groups in total. The van der Waals surface area contributed by atoms with Crippen LogP contribution in [0.3, 0.4) is 0 Å². The minimum atomic E-state index is -0.515. The van der Waals surface area contributed by atoms with E-state index in [1.807, 2.05) is 6.92 Å². The molecule has 0 saturated heterocycles. The van der Waals surface area contributed by atoms with Crippen LogP contribution in [0.2, 0.25) is 5.02 Å². The van der Waals surface area contributed by atoms with Crippen LogP contribution in [0, 0.1) is 12.7 Å². The molecule has 0 spiro atoms. The van der Waals surface area contributed by atoms with E-state index in [1.165, 1.54) is 6.07 Å². The second kappa shape index (κ2) is 5.33. The summed E-state index contributed by atoms with van der Waals surface area (Å²) in [7, 11) is 0. The Labute approximate surface area is 109 Å². The SMILES string of the molecule is Cc1cc(Cl)ccc1Oc1ncc(F)cc1CO. The summed E-state index contributed by atoms with van der Waals surface area (Å²) in [5.74, 6) is 0.233. The fraction of sp³-hybridized carbons (Fsp3) is 0.154. The van der Waals surface area contributed by atoms with Crippen molar-refractivity contribution in [3.63, 3.8) is 0 Å². The summed E-state index contributed by atoms with van der Waals surface area (Å²) in [4.78, 5) is 3.82. The highest BCUT2D eigenvalue weighted by Gasteiger charge is 2.09. The normalized spacial score (nSPS) is 10.4. The molecule has 0 aliphatic heterocycles. The Morgan fingerprint density at radius 1 is 1.39 bits per heavy atom. The number of hydrogen-bond donors (Lipinski definition) is 1. The number of rotatable bonds is 3. The van der Waals surface area contributed by atoms with Crippen LogP contribution in [0.1, 0.15) is 11.1 Å². The summed E-state index contributed by atoms with van der Waals surface area (Å²) < 4.78 is 18.5. The molecule has 18 heavy (non-hydrogen) atoms. The van der Waals surface area contributed by atoms with Gasteiger partial charge in [0.1, 0.15) is 11.6 Å². The van der Waals surface area contributed by atoms with E-state index in [4.69, 9.17) is 21.4 Å². The maximum Gasteiger partial charge on any atom is 0.224 e. The van der Waals surface area contributed by atoms with Gasteiger partial charge in [0.25, 0.3) is 0 Å². The van der Waals surface area contributed by atoms with Gasteiger partial charge in [-0.25, -0.2) is 9.37 Å². The van der Waals surface area contributed by atoms with Gasteiger partial charge in [-0.2, -0.15) is 0 Å². The number of ether oxygens (including phenoxy) is 1. The molecule has 0 radical (unpaired) electrons. The highest BCUT2D eigenvalue weighted by atomic mass is 35.5. The first-order valence-corrected chi connectivity index (χ1v) is 5.67. The second-order valence-electron chi connectivity index (χ2n) is 3.79. The molecule has 94 valence electrons. The number of halogens is 2. The maximum absolute atomic E-state index is 13.0. The lowest BCUT2D eigenvalue weighted by molar-refractivity contribution is 0.274. The van der Waals surface area contributed by atoms with Crippen LogP contribution in [0.15, 0.2) is 30.5 Å². The molecule has 0 aliphatic carbocycles. The predicted molar refractivity (Wildman–Crippen MR) is 66.4 cm³/mol. The second-order valence-corrected chi connectivity index (χ2v) is 4.22. The Morgan fingerprint density at radius 3 is 2.83 bits per heavy atom. The fourth-order valence-corrected chi connectivity index (χ4v) is 1.73. The first-order valence-electron chi connectivity index (χ1n) is 5.29. The summed E-state index contributed by atoms with van der Waals surface area (Å²) in [6.07, 6.45) is 1.04. The summed E-state index contributed by atoms with van der Waals surface area (Å²) in [5.41, 5.74) is 1.13. The van der Waals surface area contributed by atoms with Crippen molar-refractivity contribution in [2.75, 3.05) is 0 Å². The van der Waals surface area contributed by atoms with E-state index in [0.29, 0.717) is 16.3 Å². The molecule has 0 amide bonds. The Hall–Kier alpha value is -1.65.